The fraction of sp³-hybridized carbons (Fsp3) is 0.364. The molecule has 31 heavy (non-hydrogen) atoms. The van der Waals surface area contributed by atoms with E-state index in [1.54, 1.807) is 69.5 Å². The van der Waals surface area contributed by atoms with Crippen molar-refractivity contribution in [3.63, 3.8) is 0 Å². The van der Waals surface area contributed by atoms with Gasteiger partial charge in [0, 0.05) is 13.6 Å². The lowest BCUT2D eigenvalue weighted by Gasteiger charge is -2.31. The molecular formula is C22H29N3O5S. The minimum absolute atomic E-state index is 0.142. The lowest BCUT2D eigenvalue weighted by Crippen LogP contribution is -2.50. The van der Waals surface area contributed by atoms with Crippen LogP contribution in [0.5, 0.6) is 5.75 Å². The number of nitrogens with one attached hydrogen (secondary N) is 1. The van der Waals surface area contributed by atoms with Crippen LogP contribution < -0.4 is 14.4 Å². The van der Waals surface area contributed by atoms with Gasteiger partial charge in [-0.15, -0.1) is 0 Å². The summed E-state index contributed by atoms with van der Waals surface area (Å²) >= 11 is 0. The van der Waals surface area contributed by atoms with Crippen LogP contribution in [0.2, 0.25) is 0 Å². The summed E-state index contributed by atoms with van der Waals surface area (Å²) in [5, 5.41) is 2.54. The summed E-state index contributed by atoms with van der Waals surface area (Å²) in [6, 6.07) is 13.3. The van der Waals surface area contributed by atoms with Crippen molar-refractivity contribution < 1.29 is 22.7 Å². The van der Waals surface area contributed by atoms with Gasteiger partial charge in [0.1, 0.15) is 18.3 Å². The van der Waals surface area contributed by atoms with Crippen molar-refractivity contribution in [1.82, 2.24) is 10.2 Å². The van der Waals surface area contributed by atoms with Gasteiger partial charge in [-0.3, -0.25) is 13.9 Å². The van der Waals surface area contributed by atoms with Crippen LogP contribution in [-0.4, -0.2) is 58.1 Å². The van der Waals surface area contributed by atoms with Gasteiger partial charge in [-0.2, -0.15) is 0 Å². The van der Waals surface area contributed by atoms with Crippen molar-refractivity contribution in [2.45, 2.75) is 26.4 Å². The van der Waals surface area contributed by atoms with Gasteiger partial charge in [0.2, 0.25) is 21.8 Å². The number of hydrogen-bond donors (Lipinski definition) is 1. The first-order valence-corrected chi connectivity index (χ1v) is 11.6. The van der Waals surface area contributed by atoms with Gasteiger partial charge in [-0.05, 0) is 43.2 Å². The van der Waals surface area contributed by atoms with E-state index >= 15 is 0 Å². The molecule has 2 rings (SSSR count). The average Bonchev–Trinajstić information content (AvgIpc) is 2.74. The second-order valence-electron chi connectivity index (χ2n) is 7.22. The lowest BCUT2D eigenvalue weighted by atomic mass is 10.1. The first-order chi connectivity index (χ1) is 14.6. The molecule has 9 heteroatoms. The number of methoxy groups -OCH3 is 1. The maximum absolute atomic E-state index is 13.3. The SMILES string of the molecule is CNC(=O)C(C)N(Cc1ccc(OC)cc1)C(=O)CN(c1ccccc1C)S(C)(=O)=O. The number of carbonyl (C=O) groups is 2. The van der Waals surface area contributed by atoms with E-state index in [0.29, 0.717) is 11.4 Å². The largest absolute Gasteiger partial charge is 0.497 e. The normalized spacial score (nSPS) is 12.0. The molecule has 2 amide bonds. The van der Waals surface area contributed by atoms with Gasteiger partial charge < -0.3 is 15.0 Å². The van der Waals surface area contributed by atoms with Crippen molar-refractivity contribution in [2.24, 2.45) is 0 Å². The molecule has 0 saturated carbocycles. The quantitative estimate of drug-likeness (QED) is 0.634. The molecule has 0 aliphatic carbocycles. The monoisotopic (exact) mass is 447 g/mol. The number of rotatable bonds is 9. The number of sulfonamides is 1. The van der Waals surface area contributed by atoms with Crippen LogP contribution in [0.1, 0.15) is 18.1 Å². The third kappa shape index (κ3) is 6.21. The van der Waals surface area contributed by atoms with Crippen molar-refractivity contribution in [2.75, 3.05) is 31.3 Å². The molecular weight excluding hydrogens is 418 g/mol. The Kier molecular flexibility index (Phi) is 8.04. The summed E-state index contributed by atoms with van der Waals surface area (Å²) in [6.45, 7) is 3.11. The van der Waals surface area contributed by atoms with Crippen LogP contribution in [0.4, 0.5) is 5.69 Å². The van der Waals surface area contributed by atoms with Crippen LogP contribution in [0.15, 0.2) is 48.5 Å². The molecule has 1 atom stereocenters. The molecule has 2 aromatic carbocycles. The van der Waals surface area contributed by atoms with Gasteiger partial charge in [-0.1, -0.05) is 30.3 Å². The molecule has 0 bridgehead atoms. The number of aryl methyl sites for hydroxylation is 1. The Morgan fingerprint density at radius 3 is 2.23 bits per heavy atom. The van der Waals surface area contributed by atoms with Gasteiger partial charge >= 0.3 is 0 Å². The first kappa shape index (κ1) is 24.2. The smallest absolute Gasteiger partial charge is 0.244 e. The summed E-state index contributed by atoms with van der Waals surface area (Å²) in [7, 11) is -0.683. The molecule has 0 fully saturated rings. The van der Waals surface area contributed by atoms with E-state index in [4.69, 9.17) is 4.74 Å². The summed E-state index contributed by atoms with van der Waals surface area (Å²) in [5.74, 6) is -0.159. The van der Waals surface area contributed by atoms with E-state index < -0.39 is 28.5 Å². The van der Waals surface area contributed by atoms with Gasteiger partial charge in [-0.25, -0.2) is 8.42 Å². The summed E-state index contributed by atoms with van der Waals surface area (Å²) in [4.78, 5) is 27.0. The van der Waals surface area contributed by atoms with E-state index in [1.807, 2.05) is 0 Å². The van der Waals surface area contributed by atoms with Crippen molar-refractivity contribution in [1.29, 1.82) is 0 Å². The highest BCUT2D eigenvalue weighted by Gasteiger charge is 2.30. The maximum Gasteiger partial charge on any atom is 0.244 e. The number of nitrogens with zero attached hydrogens (tertiary/aromatic N) is 2. The first-order valence-electron chi connectivity index (χ1n) is 9.75. The predicted molar refractivity (Wildman–Crippen MR) is 120 cm³/mol. The summed E-state index contributed by atoms with van der Waals surface area (Å²) < 4.78 is 31.2. The van der Waals surface area contributed by atoms with Crippen LogP contribution >= 0.6 is 0 Å². The van der Waals surface area contributed by atoms with Crippen molar-refractivity contribution in [3.8, 4) is 5.75 Å². The molecule has 0 aliphatic rings. The molecule has 0 heterocycles. The molecule has 1 unspecified atom stereocenters. The topological polar surface area (TPSA) is 96.0 Å². The number of anilines is 1. The molecule has 1 N–H and O–H groups in total. The second-order valence-corrected chi connectivity index (χ2v) is 9.12. The third-order valence-corrected chi connectivity index (χ3v) is 6.12. The molecule has 8 nitrogen and oxygen atoms in total. The number of benzene rings is 2. The Morgan fingerprint density at radius 2 is 1.71 bits per heavy atom. The molecule has 0 saturated heterocycles. The number of ether oxygens (including phenoxy) is 1. The molecule has 0 radical (unpaired) electrons. The fourth-order valence-corrected chi connectivity index (χ4v) is 4.06. The van der Waals surface area contributed by atoms with E-state index in [0.717, 1.165) is 21.7 Å². The zero-order chi connectivity index (χ0) is 23.2. The zero-order valence-electron chi connectivity index (χ0n) is 18.5. The number of para-hydroxylation sites is 1. The van der Waals surface area contributed by atoms with Crippen LogP contribution in [0.25, 0.3) is 0 Å². The molecule has 168 valence electrons. The van der Waals surface area contributed by atoms with Crippen LogP contribution in [-0.2, 0) is 26.2 Å². The van der Waals surface area contributed by atoms with Gasteiger partial charge in [0.25, 0.3) is 0 Å². The van der Waals surface area contributed by atoms with E-state index in [-0.39, 0.29) is 12.5 Å². The molecule has 0 aliphatic heterocycles. The Hall–Kier alpha value is -3.07. The highest BCUT2D eigenvalue weighted by Crippen LogP contribution is 2.23. The van der Waals surface area contributed by atoms with Crippen LogP contribution in [0, 0.1) is 6.92 Å². The average molecular weight is 448 g/mol. The summed E-state index contributed by atoms with van der Waals surface area (Å²) in [6.07, 6.45) is 1.06. The molecule has 0 aromatic heterocycles. The highest BCUT2D eigenvalue weighted by molar-refractivity contribution is 7.92. The lowest BCUT2D eigenvalue weighted by molar-refractivity contribution is -0.139. The van der Waals surface area contributed by atoms with Crippen molar-refractivity contribution >= 4 is 27.5 Å². The van der Waals surface area contributed by atoms with Gasteiger partial charge in [0.15, 0.2) is 0 Å². The number of carbonyl (C=O) groups excluding carboxylic acids is 2. The third-order valence-electron chi connectivity index (χ3n) is 4.99. The summed E-state index contributed by atoms with van der Waals surface area (Å²) in [5.41, 5.74) is 1.93. The minimum Gasteiger partial charge on any atom is -0.497 e. The number of hydrogen-bond acceptors (Lipinski definition) is 5. The number of amides is 2. The minimum atomic E-state index is -3.73. The van der Waals surface area contributed by atoms with E-state index in [2.05, 4.69) is 5.32 Å². The Labute approximate surface area is 183 Å². The Balaban J connectivity index is 2.37. The van der Waals surface area contributed by atoms with E-state index in [9.17, 15) is 18.0 Å². The Bertz CT molecular complexity index is 1020. The second kappa shape index (κ2) is 10.3. The predicted octanol–water partition coefficient (Wildman–Crippen LogP) is 1.93. The van der Waals surface area contributed by atoms with E-state index in [1.165, 1.54) is 11.9 Å². The maximum atomic E-state index is 13.3. The zero-order valence-corrected chi connectivity index (χ0v) is 19.3. The van der Waals surface area contributed by atoms with Crippen molar-refractivity contribution in [3.05, 3.63) is 59.7 Å². The molecule has 2 aromatic rings. The number of likely N-dealkylation sites (N-methyl/N-ethyl adjacent to an activating group) is 1. The van der Waals surface area contributed by atoms with Crippen LogP contribution in [0.3, 0.4) is 0 Å². The Morgan fingerprint density at radius 1 is 1.10 bits per heavy atom. The van der Waals surface area contributed by atoms with Gasteiger partial charge in [0.05, 0.1) is 19.1 Å². The molecule has 0 spiro atoms. The fourth-order valence-electron chi connectivity index (χ4n) is 3.16. The highest BCUT2D eigenvalue weighted by atomic mass is 32.2. The standard InChI is InChI=1S/C22H29N3O5S/c1-16-8-6-7-9-20(16)25(31(5,28)29)15-21(26)24(17(2)22(27)23-3)14-18-10-12-19(30-4)13-11-18/h6-13,17H,14-15H2,1-5H3,(H,23,27).